The highest BCUT2D eigenvalue weighted by Crippen LogP contribution is 2.37. The quantitative estimate of drug-likeness (QED) is 0.707. The van der Waals surface area contributed by atoms with Crippen molar-refractivity contribution in [1.82, 2.24) is 5.43 Å². The summed E-state index contributed by atoms with van der Waals surface area (Å²) in [6, 6.07) is 3.46. The molecule has 1 aliphatic heterocycles. The van der Waals surface area contributed by atoms with Crippen molar-refractivity contribution in [2.45, 2.75) is 52.0 Å². The van der Waals surface area contributed by atoms with Crippen LogP contribution in [0.25, 0.3) is 0 Å². The summed E-state index contributed by atoms with van der Waals surface area (Å²) in [4.78, 5) is 0. The molecule has 1 aliphatic rings. The van der Waals surface area contributed by atoms with Gasteiger partial charge in [-0.25, -0.2) is 0 Å². The molecule has 0 radical (unpaired) electrons. The maximum absolute atomic E-state index is 6.34. The Bertz CT molecular complexity index is 527. The zero-order valence-electron chi connectivity index (χ0n) is 12.1. The summed E-state index contributed by atoms with van der Waals surface area (Å²) < 4.78 is 2.05. The van der Waals surface area contributed by atoms with Gasteiger partial charge >= 0.3 is 0 Å². The maximum Gasteiger partial charge on any atom is 0.272 e. The molecule has 20 heavy (non-hydrogen) atoms. The summed E-state index contributed by atoms with van der Waals surface area (Å²) in [5.74, 6) is 0. The van der Waals surface area contributed by atoms with E-state index in [2.05, 4.69) is 30.9 Å². The van der Waals surface area contributed by atoms with Crippen LogP contribution in [0.15, 0.2) is 12.1 Å². The number of nitrogens with zero attached hydrogens (tertiary/aromatic N) is 1. The second kappa shape index (κ2) is 6.13. The number of hydrazine groups is 1. The molecular weight excluding hydrogens is 315 g/mol. The zero-order chi connectivity index (χ0) is 14.9. The average Bonchev–Trinajstić information content (AvgIpc) is 2.60. The molecule has 0 fully saturated rings. The molecule has 0 aliphatic carbocycles. The van der Waals surface area contributed by atoms with Gasteiger partial charge in [-0.05, 0) is 32.4 Å². The monoisotopic (exact) mass is 333 g/mol. The number of nitrogens with one attached hydrogen (secondary N) is 1. The Morgan fingerprint density at radius 2 is 1.80 bits per heavy atom. The number of unbranched alkanes of at least 4 members (excludes halogenated alkanes) is 1. The lowest BCUT2D eigenvalue weighted by atomic mass is 9.97. The molecule has 1 aromatic carbocycles. The molecule has 1 heterocycles. The summed E-state index contributed by atoms with van der Waals surface area (Å²) in [7, 11) is 0. The fourth-order valence-electron chi connectivity index (χ4n) is 2.55. The van der Waals surface area contributed by atoms with Crippen molar-refractivity contribution in [3.05, 3.63) is 27.2 Å². The van der Waals surface area contributed by atoms with Crippen molar-refractivity contribution in [3.63, 3.8) is 0 Å². The first-order valence-electron chi connectivity index (χ1n) is 6.91. The summed E-state index contributed by atoms with van der Waals surface area (Å²) in [5.41, 5.74) is 5.62. The number of hydrogen-bond acceptors (Lipinski definition) is 1. The van der Waals surface area contributed by atoms with Gasteiger partial charge in [0.25, 0.3) is 5.69 Å². The van der Waals surface area contributed by atoms with Gasteiger partial charge in [0.2, 0.25) is 0 Å². The number of halogens is 3. The van der Waals surface area contributed by atoms with Crippen LogP contribution in [-0.2, 0) is 0 Å². The lowest BCUT2D eigenvalue weighted by Gasteiger charge is -2.14. The van der Waals surface area contributed by atoms with Crippen LogP contribution < -0.4 is 5.43 Å². The third-order valence-electron chi connectivity index (χ3n) is 3.40. The van der Waals surface area contributed by atoms with Gasteiger partial charge in [-0.2, -0.15) is 5.43 Å². The Morgan fingerprint density at radius 3 is 2.35 bits per heavy atom. The standard InChI is InChI=1S/C15H20Cl3N2/c1-4-5-6-11-9-15(2,3)19-20(11)14-12(17)7-10(16)8-13(14)18/h7-8,19H,4-6,9H2,1-3H3/q+1. The Labute approximate surface area is 135 Å². The third kappa shape index (κ3) is 3.41. The number of benzene rings is 1. The van der Waals surface area contributed by atoms with E-state index in [1.54, 1.807) is 12.1 Å². The van der Waals surface area contributed by atoms with E-state index in [4.69, 9.17) is 34.8 Å². The van der Waals surface area contributed by atoms with Crippen LogP contribution in [0.2, 0.25) is 15.1 Å². The SMILES string of the molecule is CCCCC1=[N+](c2c(Cl)cc(Cl)cc2Cl)NC(C)(C)C1. The Hall–Kier alpha value is -0.440. The molecule has 1 aromatic rings. The van der Waals surface area contributed by atoms with Crippen molar-refractivity contribution in [1.29, 1.82) is 0 Å². The van der Waals surface area contributed by atoms with E-state index in [1.807, 2.05) is 0 Å². The molecule has 2 rings (SSSR count). The van der Waals surface area contributed by atoms with Crippen molar-refractivity contribution >= 4 is 46.2 Å². The normalized spacial score (nSPS) is 17.5. The molecule has 5 heteroatoms. The third-order valence-corrected chi connectivity index (χ3v) is 4.20. The van der Waals surface area contributed by atoms with Gasteiger partial charge in [0.1, 0.15) is 10.0 Å². The van der Waals surface area contributed by atoms with E-state index in [-0.39, 0.29) is 5.54 Å². The highest BCUT2D eigenvalue weighted by atomic mass is 35.5. The lowest BCUT2D eigenvalue weighted by molar-refractivity contribution is -0.510. The van der Waals surface area contributed by atoms with Crippen molar-refractivity contribution in [2.75, 3.05) is 0 Å². The van der Waals surface area contributed by atoms with Crippen molar-refractivity contribution < 1.29 is 4.68 Å². The molecule has 0 amide bonds. The predicted octanol–water partition coefficient (Wildman–Crippen LogP) is 5.61. The summed E-state index contributed by atoms with van der Waals surface area (Å²) in [5, 5.41) is 1.70. The summed E-state index contributed by atoms with van der Waals surface area (Å²) in [6.07, 6.45) is 4.36. The largest absolute Gasteiger partial charge is 0.272 e. The first-order valence-corrected chi connectivity index (χ1v) is 8.04. The maximum atomic E-state index is 6.34. The topological polar surface area (TPSA) is 15.0 Å². The molecule has 0 aromatic heterocycles. The van der Waals surface area contributed by atoms with E-state index in [9.17, 15) is 0 Å². The molecule has 0 saturated heterocycles. The lowest BCUT2D eigenvalue weighted by Crippen LogP contribution is -2.37. The smallest absolute Gasteiger partial charge is 0.186 e. The van der Waals surface area contributed by atoms with Gasteiger partial charge in [0.15, 0.2) is 5.71 Å². The minimum absolute atomic E-state index is 0.00929. The number of hydrogen-bond donors (Lipinski definition) is 1. The minimum atomic E-state index is 0.00929. The van der Waals surface area contributed by atoms with Crippen LogP contribution in [-0.4, -0.2) is 15.9 Å². The first-order chi connectivity index (χ1) is 9.34. The molecule has 0 bridgehead atoms. The van der Waals surface area contributed by atoms with E-state index in [0.717, 1.165) is 24.9 Å². The molecule has 2 nitrogen and oxygen atoms in total. The molecule has 0 spiro atoms. The second-order valence-corrected chi connectivity index (χ2v) is 7.15. The highest BCUT2D eigenvalue weighted by molar-refractivity contribution is 6.41. The van der Waals surface area contributed by atoms with Gasteiger partial charge < -0.3 is 0 Å². The van der Waals surface area contributed by atoms with Crippen LogP contribution in [0, 0.1) is 0 Å². The zero-order valence-corrected chi connectivity index (χ0v) is 14.3. The van der Waals surface area contributed by atoms with Crippen molar-refractivity contribution in [3.8, 4) is 0 Å². The molecule has 0 atom stereocenters. The van der Waals surface area contributed by atoms with Gasteiger partial charge in [-0.15, -0.1) is 0 Å². The van der Waals surface area contributed by atoms with Crippen LogP contribution >= 0.6 is 34.8 Å². The fourth-order valence-corrected chi connectivity index (χ4v) is 3.54. The first kappa shape index (κ1) is 15.9. The fraction of sp³-hybridized carbons (Fsp3) is 0.533. The highest BCUT2D eigenvalue weighted by Gasteiger charge is 2.39. The predicted molar refractivity (Wildman–Crippen MR) is 87.8 cm³/mol. The van der Waals surface area contributed by atoms with E-state index in [0.29, 0.717) is 15.1 Å². The van der Waals surface area contributed by atoms with E-state index < -0.39 is 0 Å². The van der Waals surface area contributed by atoms with Crippen molar-refractivity contribution in [2.24, 2.45) is 0 Å². The number of rotatable bonds is 4. The van der Waals surface area contributed by atoms with Gasteiger partial charge in [-0.1, -0.05) is 52.8 Å². The van der Waals surface area contributed by atoms with E-state index >= 15 is 0 Å². The average molecular weight is 335 g/mol. The number of hydrazone groups is 1. The summed E-state index contributed by atoms with van der Waals surface area (Å²) >= 11 is 18.7. The summed E-state index contributed by atoms with van der Waals surface area (Å²) in [6.45, 7) is 6.55. The molecule has 1 N–H and O–H groups in total. The Kier molecular flexibility index (Phi) is 4.88. The molecular formula is C15H20Cl3N2+. The van der Waals surface area contributed by atoms with Crippen LogP contribution in [0.5, 0.6) is 0 Å². The van der Waals surface area contributed by atoms with Gasteiger partial charge in [0, 0.05) is 11.4 Å². The second-order valence-electron chi connectivity index (χ2n) is 5.90. The van der Waals surface area contributed by atoms with Gasteiger partial charge in [-0.3, -0.25) is 0 Å². The van der Waals surface area contributed by atoms with Crippen LogP contribution in [0.4, 0.5) is 5.69 Å². The Balaban J connectivity index is 2.47. The molecule has 110 valence electrons. The van der Waals surface area contributed by atoms with E-state index in [1.165, 1.54) is 12.1 Å². The van der Waals surface area contributed by atoms with Gasteiger partial charge in [0.05, 0.1) is 12.0 Å². The molecule has 0 unspecified atom stereocenters. The van der Waals surface area contributed by atoms with Crippen LogP contribution in [0.3, 0.4) is 0 Å². The Morgan fingerprint density at radius 1 is 1.20 bits per heavy atom. The molecule has 0 saturated carbocycles. The van der Waals surface area contributed by atoms with Crippen LogP contribution in [0.1, 0.15) is 46.5 Å². The minimum Gasteiger partial charge on any atom is -0.186 e.